The molecule has 16 nitrogen and oxygen atoms in total. The van der Waals surface area contributed by atoms with Gasteiger partial charge in [0.15, 0.2) is 5.82 Å². The van der Waals surface area contributed by atoms with Crippen molar-refractivity contribution in [2.45, 2.75) is 52.0 Å². The van der Waals surface area contributed by atoms with Gasteiger partial charge in [0.25, 0.3) is 11.8 Å². The third kappa shape index (κ3) is 9.31. The summed E-state index contributed by atoms with van der Waals surface area (Å²) in [4.78, 5) is 71.8. The number of imide groups is 1. The maximum Gasteiger partial charge on any atom is 0.524 e. The van der Waals surface area contributed by atoms with Gasteiger partial charge >= 0.3 is 15.6 Å². The first-order valence-corrected chi connectivity index (χ1v) is 18.6. The van der Waals surface area contributed by atoms with E-state index in [4.69, 9.17) is 24.5 Å². The Morgan fingerprint density at radius 1 is 0.857 bits per heavy atom. The van der Waals surface area contributed by atoms with Crippen molar-refractivity contribution < 1.29 is 52.1 Å². The Hall–Kier alpha value is -4.14. The fourth-order valence-corrected chi connectivity index (χ4v) is 6.40. The number of fused-ring (bicyclic) bond motifs is 3. The van der Waals surface area contributed by atoms with E-state index in [1.165, 1.54) is 29.2 Å². The molecule has 0 unspecified atom stereocenters. The van der Waals surface area contributed by atoms with Crippen molar-refractivity contribution in [2.24, 2.45) is 0 Å². The first-order valence-electron chi connectivity index (χ1n) is 15.5. The minimum Gasteiger partial charge on any atom is -0.404 e. The number of rotatable bonds is 17. The van der Waals surface area contributed by atoms with Crippen LogP contribution in [0.3, 0.4) is 0 Å². The molecule has 6 N–H and O–H groups in total. The maximum atomic E-state index is 11.8. The molecular formula is C31H37N5O11P2. The van der Waals surface area contributed by atoms with Crippen molar-refractivity contribution in [2.75, 3.05) is 25.5 Å². The van der Waals surface area contributed by atoms with Gasteiger partial charge in [0.2, 0.25) is 0 Å². The molecule has 3 heterocycles. The number of aryl methyl sites for hydroxylation is 2. The van der Waals surface area contributed by atoms with E-state index in [9.17, 15) is 38.3 Å². The van der Waals surface area contributed by atoms with Gasteiger partial charge in [-0.15, -0.1) is 0 Å². The van der Waals surface area contributed by atoms with Crippen LogP contribution in [0, 0.1) is 0 Å². The van der Waals surface area contributed by atoms with E-state index in [-0.39, 0.29) is 41.2 Å². The zero-order chi connectivity index (χ0) is 35.3. The number of anilines is 1. The van der Waals surface area contributed by atoms with E-state index in [2.05, 4.69) is 4.98 Å². The number of carbonyl (C=O) groups is 2. The highest BCUT2D eigenvalue weighted by atomic mass is 31.2. The molecule has 262 valence electrons. The lowest BCUT2D eigenvalue weighted by Crippen LogP contribution is -2.31. The summed E-state index contributed by atoms with van der Waals surface area (Å²) < 4.78 is 40.7. The Kier molecular flexibility index (Phi) is 11.2. The van der Waals surface area contributed by atoms with Crippen molar-refractivity contribution in [3.63, 3.8) is 0 Å². The zero-order valence-corrected chi connectivity index (χ0v) is 28.4. The topological polar surface area (TPSA) is 237 Å². The van der Waals surface area contributed by atoms with Crippen molar-refractivity contribution in [3.05, 3.63) is 65.5 Å². The van der Waals surface area contributed by atoms with E-state index in [1.54, 1.807) is 0 Å². The predicted molar refractivity (Wildman–Crippen MR) is 179 cm³/mol. The van der Waals surface area contributed by atoms with Crippen LogP contribution in [-0.2, 0) is 42.8 Å². The maximum absolute atomic E-state index is 11.8. The minimum absolute atomic E-state index is 0.0649. The average Bonchev–Trinajstić information content (AvgIpc) is 3.54. The van der Waals surface area contributed by atoms with Crippen LogP contribution in [0.15, 0.2) is 48.6 Å². The van der Waals surface area contributed by atoms with Crippen molar-refractivity contribution in [1.29, 1.82) is 0 Å². The monoisotopic (exact) mass is 717 g/mol. The number of amides is 2. The Bertz CT molecular complexity index is 1980. The summed E-state index contributed by atoms with van der Waals surface area (Å²) in [7, 11) is -9.96. The quantitative estimate of drug-likeness (QED) is 0.0594. The van der Waals surface area contributed by atoms with Gasteiger partial charge in [0.05, 0.1) is 17.6 Å². The fraction of sp³-hybridized carbons (Fsp3) is 0.355. The molecule has 0 atom stereocenters. The molecular weight excluding hydrogens is 680 g/mol. The zero-order valence-electron chi connectivity index (χ0n) is 26.6. The number of phosphoric ester groups is 2. The molecule has 0 fully saturated rings. The first-order chi connectivity index (χ1) is 23.2. The van der Waals surface area contributed by atoms with E-state index in [1.807, 2.05) is 29.7 Å². The summed E-state index contributed by atoms with van der Waals surface area (Å²) in [5.74, 6) is -0.263. The number of ether oxygens (including phenoxy) is 1. The highest BCUT2D eigenvalue weighted by Gasteiger charge is 2.25. The van der Waals surface area contributed by atoms with Crippen molar-refractivity contribution in [1.82, 2.24) is 19.4 Å². The Morgan fingerprint density at radius 3 is 2.27 bits per heavy atom. The standard InChI is InChI=1S/C31H37N5O11P2/c1-2-3-7-26-34-29-30(36(26)19-21-18-22(46-48(39,40)41)9-11-25(21)47-49(42,43)44)23-17-20(8-10-24(23)33-31(29)32)6-4-15-45-16-5-14-35-27(37)12-13-28(35)38/h8-13,17-18H,2-7,14-16,19H2,1H3,(H2,32,33)(H2,39,40,41)(H2,42,43,44). The largest absolute Gasteiger partial charge is 0.524 e. The molecule has 2 aromatic heterocycles. The lowest BCUT2D eigenvalue weighted by atomic mass is 10.1. The molecule has 4 aromatic rings. The van der Waals surface area contributed by atoms with Gasteiger partial charge in [-0.25, -0.2) is 19.1 Å². The molecule has 0 spiro atoms. The molecule has 1 aliphatic heterocycles. The number of pyridine rings is 1. The van der Waals surface area contributed by atoms with E-state index >= 15 is 0 Å². The number of imidazole rings is 1. The van der Waals surface area contributed by atoms with Crippen LogP contribution in [0.2, 0.25) is 0 Å². The van der Waals surface area contributed by atoms with E-state index in [0.717, 1.165) is 29.9 Å². The van der Waals surface area contributed by atoms with Gasteiger partial charge in [-0.05, 0) is 61.6 Å². The van der Waals surface area contributed by atoms with Gasteiger partial charge in [-0.2, -0.15) is 0 Å². The van der Waals surface area contributed by atoms with E-state index in [0.29, 0.717) is 67.8 Å². The predicted octanol–water partition coefficient (Wildman–Crippen LogP) is 3.76. The van der Waals surface area contributed by atoms with Gasteiger partial charge in [-0.1, -0.05) is 19.4 Å². The number of phosphoric acid groups is 2. The minimum atomic E-state index is -5.01. The van der Waals surface area contributed by atoms with Crippen LogP contribution in [0.4, 0.5) is 5.82 Å². The number of nitrogen functional groups attached to an aromatic ring is 1. The lowest BCUT2D eigenvalue weighted by Gasteiger charge is -2.17. The third-order valence-electron chi connectivity index (χ3n) is 7.73. The van der Waals surface area contributed by atoms with Gasteiger partial charge in [-0.3, -0.25) is 34.1 Å². The van der Waals surface area contributed by atoms with Gasteiger partial charge < -0.3 is 24.1 Å². The van der Waals surface area contributed by atoms with Gasteiger partial charge in [0, 0.05) is 49.3 Å². The second-order valence-corrected chi connectivity index (χ2v) is 13.8. The molecule has 0 saturated heterocycles. The molecule has 18 heteroatoms. The summed E-state index contributed by atoms with van der Waals surface area (Å²) in [6.45, 7) is 3.11. The number of hydrogen-bond acceptors (Lipinski definition) is 10. The number of benzene rings is 2. The molecule has 0 saturated carbocycles. The molecule has 0 aliphatic carbocycles. The highest BCUT2D eigenvalue weighted by molar-refractivity contribution is 7.47. The normalized spacial score (nSPS) is 13.7. The molecule has 2 amide bonds. The third-order valence-corrected chi connectivity index (χ3v) is 8.61. The Labute approximate surface area is 281 Å². The van der Waals surface area contributed by atoms with Gasteiger partial charge in [0.1, 0.15) is 22.8 Å². The number of nitrogens with zero attached hydrogens (tertiary/aromatic N) is 4. The number of carbonyl (C=O) groups excluding carboxylic acids is 2. The van der Waals surface area contributed by atoms with Crippen molar-refractivity contribution >= 4 is 55.2 Å². The first kappa shape index (κ1) is 36.1. The smallest absolute Gasteiger partial charge is 0.404 e. The average molecular weight is 718 g/mol. The molecule has 1 aliphatic rings. The van der Waals surface area contributed by atoms with Crippen LogP contribution >= 0.6 is 15.6 Å². The highest BCUT2D eigenvalue weighted by Crippen LogP contribution is 2.43. The van der Waals surface area contributed by atoms with Crippen LogP contribution < -0.4 is 14.8 Å². The summed E-state index contributed by atoms with van der Waals surface area (Å²) in [6.07, 6.45) is 6.55. The number of hydrogen-bond donors (Lipinski definition) is 5. The Morgan fingerprint density at radius 2 is 1.57 bits per heavy atom. The number of aromatic nitrogens is 3. The van der Waals surface area contributed by atoms with Crippen LogP contribution in [0.5, 0.6) is 11.5 Å². The Balaban J connectivity index is 1.43. The SMILES string of the molecule is CCCCc1nc2c(N)nc3ccc(CCCOCCCN4C(=O)C=CC4=O)cc3c2n1Cc1cc(OP(=O)(O)O)ccc1OP(=O)(O)O. The summed E-state index contributed by atoms with van der Waals surface area (Å²) >= 11 is 0. The molecule has 5 rings (SSSR count). The second-order valence-electron chi connectivity index (χ2n) is 11.4. The van der Waals surface area contributed by atoms with Crippen LogP contribution in [-0.4, -0.2) is 70.6 Å². The lowest BCUT2D eigenvalue weighted by molar-refractivity contribution is -0.137. The molecule has 2 aromatic carbocycles. The molecule has 0 bridgehead atoms. The molecule has 49 heavy (non-hydrogen) atoms. The second kappa shape index (κ2) is 15.2. The van der Waals surface area contributed by atoms with Crippen molar-refractivity contribution in [3.8, 4) is 11.5 Å². The van der Waals surface area contributed by atoms with E-state index < -0.39 is 15.6 Å². The number of nitrogens with two attached hydrogens (primary N) is 1. The number of unbranched alkanes of at least 4 members (excludes halogenated alkanes) is 1. The summed E-state index contributed by atoms with van der Waals surface area (Å²) in [5, 5.41) is 0.728. The fourth-order valence-electron chi connectivity index (χ4n) is 5.57. The van der Waals surface area contributed by atoms with Crippen LogP contribution in [0.25, 0.3) is 21.9 Å². The summed E-state index contributed by atoms with van der Waals surface area (Å²) in [6, 6.07) is 9.31. The summed E-state index contributed by atoms with van der Waals surface area (Å²) in [5.41, 5.74) is 9.18. The van der Waals surface area contributed by atoms with Crippen LogP contribution in [0.1, 0.15) is 49.6 Å². The molecule has 0 radical (unpaired) electrons.